The molecule has 136 valence electrons. The maximum absolute atomic E-state index is 13.3. The Morgan fingerprint density at radius 3 is 2.63 bits per heavy atom. The normalized spacial score (nSPS) is 14.0. The van der Waals surface area contributed by atoms with Crippen LogP contribution < -0.4 is 14.8 Å². The van der Waals surface area contributed by atoms with Crippen LogP contribution in [0.3, 0.4) is 0 Å². The predicted molar refractivity (Wildman–Crippen MR) is 90.6 cm³/mol. The van der Waals surface area contributed by atoms with Gasteiger partial charge in [-0.3, -0.25) is 9.78 Å². The van der Waals surface area contributed by atoms with Crippen molar-refractivity contribution in [2.45, 2.75) is 13.2 Å². The summed E-state index contributed by atoms with van der Waals surface area (Å²) >= 11 is 0. The molecule has 1 N–H and O–H groups in total. The Kier molecular flexibility index (Phi) is 3.91. The molecule has 0 saturated carbocycles. The maximum Gasteiger partial charge on any atom is 0.586 e. The fraction of sp³-hybridized carbons (Fsp3) is 0.111. The van der Waals surface area contributed by atoms with Gasteiger partial charge in [0.2, 0.25) is 0 Å². The van der Waals surface area contributed by atoms with Gasteiger partial charge in [-0.15, -0.1) is 8.78 Å². The molecule has 1 aliphatic rings. The molecule has 4 rings (SSSR count). The first-order valence-corrected chi connectivity index (χ1v) is 7.87. The number of anilines is 1. The number of rotatable bonds is 3. The Morgan fingerprint density at radius 1 is 1.07 bits per heavy atom. The molecule has 0 fully saturated rings. The van der Waals surface area contributed by atoms with E-state index in [1.165, 1.54) is 24.7 Å². The second kappa shape index (κ2) is 6.27. The van der Waals surface area contributed by atoms with Crippen LogP contribution in [0.25, 0.3) is 11.1 Å². The number of benzene rings is 1. The number of nitrogens with one attached hydrogen (secondary N) is 1. The van der Waals surface area contributed by atoms with E-state index in [-0.39, 0.29) is 23.0 Å². The highest BCUT2D eigenvalue weighted by Gasteiger charge is 2.44. The summed E-state index contributed by atoms with van der Waals surface area (Å²) in [6.07, 6.45) is 0.655. The van der Waals surface area contributed by atoms with Crippen molar-refractivity contribution in [3.05, 3.63) is 60.3 Å². The average molecular weight is 370 g/mol. The Labute approximate surface area is 152 Å². The smallest absolute Gasteiger partial charge is 0.395 e. The zero-order valence-corrected chi connectivity index (χ0v) is 13.9. The van der Waals surface area contributed by atoms with Gasteiger partial charge in [0.1, 0.15) is 11.5 Å². The molecular weight excluding hydrogens is 358 g/mol. The lowest BCUT2D eigenvalue weighted by Crippen LogP contribution is -2.26. The number of amides is 1. The standard InChI is InChI=1S/C18H12F2N4O3/c1-10-15(22-8-7-21-10)17(25)24-14-6-5-11(9-23-14)12-3-2-4-13-16(12)27-18(19,20)26-13/h2-9H,1H3,(H,23,24,25). The molecule has 7 nitrogen and oxygen atoms in total. The van der Waals surface area contributed by atoms with Crippen molar-refractivity contribution >= 4 is 11.7 Å². The lowest BCUT2D eigenvalue weighted by molar-refractivity contribution is -0.286. The monoisotopic (exact) mass is 370 g/mol. The van der Waals surface area contributed by atoms with Crippen LogP contribution in [0.15, 0.2) is 48.9 Å². The van der Waals surface area contributed by atoms with Crippen LogP contribution >= 0.6 is 0 Å². The summed E-state index contributed by atoms with van der Waals surface area (Å²) in [5.41, 5.74) is 1.61. The molecule has 1 aliphatic heterocycles. The third-order valence-electron chi connectivity index (χ3n) is 3.84. The molecule has 3 aromatic rings. The quantitative estimate of drug-likeness (QED) is 0.760. The first-order valence-electron chi connectivity index (χ1n) is 7.87. The Hall–Kier alpha value is -3.62. The van der Waals surface area contributed by atoms with E-state index in [0.717, 1.165) is 0 Å². The molecule has 9 heteroatoms. The first-order chi connectivity index (χ1) is 12.9. The average Bonchev–Trinajstić information content (AvgIpc) is 2.96. The Bertz CT molecular complexity index is 1030. The number of pyridine rings is 1. The summed E-state index contributed by atoms with van der Waals surface area (Å²) in [5.74, 6) is -0.272. The lowest BCUT2D eigenvalue weighted by Gasteiger charge is -2.08. The van der Waals surface area contributed by atoms with Crippen molar-refractivity contribution in [1.82, 2.24) is 15.0 Å². The minimum Gasteiger partial charge on any atom is -0.395 e. The molecule has 0 saturated heterocycles. The molecule has 27 heavy (non-hydrogen) atoms. The molecule has 0 aliphatic carbocycles. The predicted octanol–water partition coefficient (Wildman–Crippen LogP) is 3.42. The number of nitrogens with zero attached hydrogens (tertiary/aromatic N) is 3. The van der Waals surface area contributed by atoms with Gasteiger partial charge >= 0.3 is 6.29 Å². The number of carbonyl (C=O) groups excluding carboxylic acids is 1. The second-order valence-corrected chi connectivity index (χ2v) is 5.68. The van der Waals surface area contributed by atoms with Gasteiger partial charge in [-0.2, -0.15) is 0 Å². The van der Waals surface area contributed by atoms with E-state index in [1.807, 2.05) is 0 Å². The minimum atomic E-state index is -3.70. The number of alkyl halides is 2. The van der Waals surface area contributed by atoms with E-state index < -0.39 is 12.2 Å². The Balaban J connectivity index is 1.57. The van der Waals surface area contributed by atoms with Gasteiger partial charge in [-0.1, -0.05) is 12.1 Å². The van der Waals surface area contributed by atoms with E-state index in [1.54, 1.807) is 31.2 Å². The number of carbonyl (C=O) groups is 1. The van der Waals surface area contributed by atoms with Gasteiger partial charge < -0.3 is 14.8 Å². The van der Waals surface area contributed by atoms with Gasteiger partial charge in [0.25, 0.3) is 5.91 Å². The van der Waals surface area contributed by atoms with Crippen molar-refractivity contribution in [3.63, 3.8) is 0 Å². The summed E-state index contributed by atoms with van der Waals surface area (Å²) < 4.78 is 35.7. The molecular formula is C18H12F2N4O3. The third kappa shape index (κ3) is 3.26. The third-order valence-corrected chi connectivity index (χ3v) is 3.84. The zero-order valence-electron chi connectivity index (χ0n) is 13.9. The van der Waals surface area contributed by atoms with Crippen LogP contribution in [0.2, 0.25) is 0 Å². The number of fused-ring (bicyclic) bond motifs is 1. The van der Waals surface area contributed by atoms with Crippen LogP contribution in [0.5, 0.6) is 11.5 Å². The topological polar surface area (TPSA) is 86.2 Å². The van der Waals surface area contributed by atoms with Gasteiger partial charge in [-0.05, 0) is 25.1 Å². The van der Waals surface area contributed by atoms with Crippen LogP contribution in [0.1, 0.15) is 16.2 Å². The summed E-state index contributed by atoms with van der Waals surface area (Å²) in [4.78, 5) is 24.4. The van der Waals surface area contributed by atoms with E-state index >= 15 is 0 Å². The molecule has 0 bridgehead atoms. The van der Waals surface area contributed by atoms with Crippen LogP contribution in [-0.2, 0) is 0 Å². The van der Waals surface area contributed by atoms with Crippen molar-refractivity contribution < 1.29 is 23.0 Å². The number of aryl methyl sites for hydroxylation is 1. The number of halogens is 2. The minimum absolute atomic E-state index is 0.0481. The van der Waals surface area contributed by atoms with Crippen molar-refractivity contribution in [2.75, 3.05) is 5.32 Å². The van der Waals surface area contributed by atoms with E-state index in [2.05, 4.69) is 29.7 Å². The number of ether oxygens (including phenoxy) is 2. The Morgan fingerprint density at radius 2 is 1.89 bits per heavy atom. The van der Waals surface area contributed by atoms with Crippen molar-refractivity contribution in [2.24, 2.45) is 0 Å². The van der Waals surface area contributed by atoms with Gasteiger partial charge in [0.15, 0.2) is 11.5 Å². The number of para-hydroxylation sites is 1. The second-order valence-electron chi connectivity index (χ2n) is 5.68. The number of aromatic nitrogens is 3. The fourth-order valence-electron chi connectivity index (χ4n) is 2.63. The molecule has 0 radical (unpaired) electrons. The van der Waals surface area contributed by atoms with E-state index in [0.29, 0.717) is 16.8 Å². The summed E-state index contributed by atoms with van der Waals surface area (Å²) in [5, 5.41) is 2.61. The summed E-state index contributed by atoms with van der Waals surface area (Å²) in [7, 11) is 0. The lowest BCUT2D eigenvalue weighted by atomic mass is 10.1. The SMILES string of the molecule is Cc1nccnc1C(=O)Nc1ccc(-c2cccc3c2OC(F)(F)O3)cn1. The van der Waals surface area contributed by atoms with E-state index in [9.17, 15) is 13.6 Å². The highest BCUT2D eigenvalue weighted by molar-refractivity contribution is 6.03. The summed E-state index contributed by atoms with van der Waals surface area (Å²) in [6, 6.07) is 7.76. The van der Waals surface area contributed by atoms with Gasteiger partial charge in [0, 0.05) is 29.7 Å². The molecule has 1 aromatic carbocycles. The first kappa shape index (κ1) is 16.8. The molecule has 2 aromatic heterocycles. The molecule has 0 spiro atoms. The largest absolute Gasteiger partial charge is 0.586 e. The van der Waals surface area contributed by atoms with Crippen molar-refractivity contribution in [1.29, 1.82) is 0 Å². The molecule has 0 atom stereocenters. The van der Waals surface area contributed by atoms with E-state index in [4.69, 9.17) is 0 Å². The molecule has 0 unspecified atom stereocenters. The van der Waals surface area contributed by atoms with Crippen LogP contribution in [-0.4, -0.2) is 27.2 Å². The fourth-order valence-corrected chi connectivity index (χ4v) is 2.63. The van der Waals surface area contributed by atoms with Gasteiger partial charge in [-0.25, -0.2) is 9.97 Å². The zero-order chi connectivity index (χ0) is 19.0. The maximum atomic E-state index is 13.3. The van der Waals surface area contributed by atoms with Crippen LogP contribution in [0.4, 0.5) is 14.6 Å². The van der Waals surface area contributed by atoms with Crippen LogP contribution in [0, 0.1) is 6.92 Å². The van der Waals surface area contributed by atoms with Crippen molar-refractivity contribution in [3.8, 4) is 22.6 Å². The number of hydrogen-bond donors (Lipinski definition) is 1. The highest BCUT2D eigenvalue weighted by atomic mass is 19.3. The number of hydrogen-bond acceptors (Lipinski definition) is 6. The van der Waals surface area contributed by atoms with Gasteiger partial charge in [0.05, 0.1) is 5.69 Å². The summed E-state index contributed by atoms with van der Waals surface area (Å²) in [6.45, 7) is 1.67. The highest BCUT2D eigenvalue weighted by Crippen LogP contribution is 2.46. The molecule has 1 amide bonds. The molecule has 3 heterocycles.